The van der Waals surface area contributed by atoms with Gasteiger partial charge in [0.15, 0.2) is 0 Å². The number of halogens is 1. The molecule has 116 valence electrons. The summed E-state index contributed by atoms with van der Waals surface area (Å²) in [6.45, 7) is 2.77. The molecule has 2 fully saturated rings. The third-order valence-corrected chi connectivity index (χ3v) is 5.53. The fourth-order valence-electron chi connectivity index (χ4n) is 4.22. The molecule has 1 aromatic rings. The molecule has 1 aliphatic carbocycles. The smallest absolute Gasteiger partial charge is 0.129 e. The number of benzene rings is 1. The van der Waals surface area contributed by atoms with Crippen LogP contribution in [0.25, 0.3) is 0 Å². The average molecular weight is 290 g/mol. The van der Waals surface area contributed by atoms with E-state index in [-0.39, 0.29) is 5.82 Å². The minimum atomic E-state index is -0.0835. The van der Waals surface area contributed by atoms with Crippen molar-refractivity contribution >= 4 is 5.69 Å². The van der Waals surface area contributed by atoms with Crippen molar-refractivity contribution in [2.24, 2.45) is 5.41 Å². The fraction of sp³-hybridized carbons (Fsp3) is 0.667. The Bertz CT molecular complexity index is 470. The number of nitrogens with one attached hydrogen (secondary N) is 1. The Kier molecular flexibility index (Phi) is 4.48. The Labute approximate surface area is 127 Å². The van der Waals surface area contributed by atoms with Crippen molar-refractivity contribution in [1.29, 1.82) is 0 Å². The summed E-state index contributed by atoms with van der Waals surface area (Å²) in [4.78, 5) is 2.40. The second-order valence-corrected chi connectivity index (χ2v) is 6.82. The van der Waals surface area contributed by atoms with E-state index in [0.29, 0.717) is 12.0 Å². The lowest BCUT2D eigenvalue weighted by Gasteiger charge is -2.45. The van der Waals surface area contributed by atoms with E-state index in [1.807, 2.05) is 13.1 Å². The average Bonchev–Trinajstić information content (AvgIpc) is 2.51. The highest BCUT2D eigenvalue weighted by Crippen LogP contribution is 2.45. The zero-order valence-electron chi connectivity index (χ0n) is 13.1. The molecule has 1 aromatic carbocycles. The minimum Gasteiger partial charge on any atom is -0.371 e. The molecule has 3 rings (SSSR count). The monoisotopic (exact) mass is 290 g/mol. The van der Waals surface area contributed by atoms with Crippen molar-refractivity contribution in [1.82, 2.24) is 5.32 Å². The van der Waals surface area contributed by atoms with Crippen LogP contribution in [-0.2, 0) is 6.54 Å². The zero-order chi connectivity index (χ0) is 14.7. The van der Waals surface area contributed by atoms with Crippen molar-refractivity contribution in [3.63, 3.8) is 0 Å². The Balaban J connectivity index is 1.73. The number of hydrogen-bond acceptors (Lipinski definition) is 2. The van der Waals surface area contributed by atoms with E-state index in [1.54, 1.807) is 6.07 Å². The van der Waals surface area contributed by atoms with Crippen molar-refractivity contribution in [2.45, 2.75) is 51.5 Å². The lowest BCUT2D eigenvalue weighted by Crippen LogP contribution is -2.41. The van der Waals surface area contributed by atoms with Crippen LogP contribution >= 0.6 is 0 Å². The maximum absolute atomic E-state index is 14.1. The van der Waals surface area contributed by atoms with Gasteiger partial charge in [-0.1, -0.05) is 25.3 Å². The maximum atomic E-state index is 14.1. The molecule has 1 saturated carbocycles. The summed E-state index contributed by atoms with van der Waals surface area (Å²) in [7, 11) is 1.88. The number of hydrogen-bond donors (Lipinski definition) is 1. The first-order chi connectivity index (χ1) is 10.2. The van der Waals surface area contributed by atoms with Gasteiger partial charge in [-0.05, 0) is 50.3 Å². The summed E-state index contributed by atoms with van der Waals surface area (Å²) >= 11 is 0. The molecule has 0 atom stereocenters. The molecule has 2 aliphatic rings. The van der Waals surface area contributed by atoms with E-state index in [1.165, 1.54) is 44.9 Å². The van der Waals surface area contributed by atoms with Crippen LogP contribution in [0.2, 0.25) is 0 Å². The topological polar surface area (TPSA) is 15.3 Å². The molecule has 1 saturated heterocycles. The van der Waals surface area contributed by atoms with Crippen LogP contribution in [0.15, 0.2) is 18.2 Å². The summed E-state index contributed by atoms with van der Waals surface area (Å²) in [6, 6.07) is 5.49. The summed E-state index contributed by atoms with van der Waals surface area (Å²) in [5.41, 5.74) is 2.51. The largest absolute Gasteiger partial charge is 0.371 e. The molecule has 0 aromatic heterocycles. The number of nitrogens with zero attached hydrogens (tertiary/aromatic N) is 1. The Morgan fingerprint density at radius 2 is 1.81 bits per heavy atom. The molecule has 0 radical (unpaired) electrons. The fourth-order valence-corrected chi connectivity index (χ4v) is 4.22. The van der Waals surface area contributed by atoms with E-state index in [4.69, 9.17) is 0 Å². The van der Waals surface area contributed by atoms with E-state index in [9.17, 15) is 4.39 Å². The van der Waals surface area contributed by atoms with Gasteiger partial charge in [-0.25, -0.2) is 4.39 Å². The molecule has 1 heterocycles. The predicted octanol–water partition coefficient (Wildman–Crippen LogP) is 4.10. The first-order valence-corrected chi connectivity index (χ1v) is 8.41. The second-order valence-electron chi connectivity index (χ2n) is 6.82. The molecular formula is C18H27FN2. The molecule has 21 heavy (non-hydrogen) atoms. The Morgan fingerprint density at radius 1 is 1.10 bits per heavy atom. The number of anilines is 1. The van der Waals surface area contributed by atoms with Gasteiger partial charge in [-0.3, -0.25) is 0 Å². The van der Waals surface area contributed by atoms with Gasteiger partial charge >= 0.3 is 0 Å². The standard InChI is InChI=1S/C18H27FN2/c1-20-14-15-16(19)6-5-7-17(15)21-12-10-18(11-13-21)8-3-2-4-9-18/h5-7,20H,2-4,8-14H2,1H3. The second kappa shape index (κ2) is 6.35. The third-order valence-electron chi connectivity index (χ3n) is 5.53. The first kappa shape index (κ1) is 14.8. The van der Waals surface area contributed by atoms with Gasteiger partial charge in [-0.2, -0.15) is 0 Å². The molecular weight excluding hydrogens is 263 g/mol. The van der Waals surface area contributed by atoms with Gasteiger partial charge in [0, 0.05) is 30.9 Å². The van der Waals surface area contributed by atoms with E-state index in [0.717, 1.165) is 24.3 Å². The molecule has 1 spiro atoms. The first-order valence-electron chi connectivity index (χ1n) is 8.41. The number of piperidine rings is 1. The minimum absolute atomic E-state index is 0.0835. The zero-order valence-corrected chi connectivity index (χ0v) is 13.1. The quantitative estimate of drug-likeness (QED) is 0.901. The van der Waals surface area contributed by atoms with Gasteiger partial charge in [0.05, 0.1) is 0 Å². The molecule has 2 nitrogen and oxygen atoms in total. The SMILES string of the molecule is CNCc1c(F)cccc1N1CCC2(CCCCC2)CC1. The summed E-state index contributed by atoms with van der Waals surface area (Å²) in [5, 5.41) is 3.09. The van der Waals surface area contributed by atoms with E-state index >= 15 is 0 Å². The molecule has 1 aliphatic heterocycles. The summed E-state index contributed by atoms with van der Waals surface area (Å²) in [6.07, 6.45) is 9.61. The lowest BCUT2D eigenvalue weighted by atomic mass is 9.68. The van der Waals surface area contributed by atoms with Crippen LogP contribution < -0.4 is 10.2 Å². The maximum Gasteiger partial charge on any atom is 0.129 e. The predicted molar refractivity (Wildman–Crippen MR) is 86.1 cm³/mol. The Morgan fingerprint density at radius 3 is 2.48 bits per heavy atom. The van der Waals surface area contributed by atoms with E-state index in [2.05, 4.69) is 16.3 Å². The summed E-state index contributed by atoms with van der Waals surface area (Å²) in [5.74, 6) is -0.0835. The van der Waals surface area contributed by atoms with Crippen LogP contribution in [0, 0.1) is 11.2 Å². The van der Waals surface area contributed by atoms with Crippen molar-refractivity contribution in [2.75, 3.05) is 25.0 Å². The molecule has 1 N–H and O–H groups in total. The highest BCUT2D eigenvalue weighted by molar-refractivity contribution is 5.54. The van der Waals surface area contributed by atoms with Crippen molar-refractivity contribution < 1.29 is 4.39 Å². The van der Waals surface area contributed by atoms with Gasteiger partial charge in [-0.15, -0.1) is 0 Å². The number of rotatable bonds is 3. The molecule has 3 heteroatoms. The third kappa shape index (κ3) is 3.08. The van der Waals surface area contributed by atoms with E-state index < -0.39 is 0 Å². The van der Waals surface area contributed by atoms with Gasteiger partial charge in [0.1, 0.15) is 5.82 Å². The summed E-state index contributed by atoms with van der Waals surface area (Å²) < 4.78 is 14.1. The lowest BCUT2D eigenvalue weighted by molar-refractivity contribution is 0.144. The normalized spacial score (nSPS) is 21.7. The van der Waals surface area contributed by atoms with Crippen LogP contribution in [-0.4, -0.2) is 20.1 Å². The van der Waals surface area contributed by atoms with Gasteiger partial charge < -0.3 is 10.2 Å². The van der Waals surface area contributed by atoms with Crippen LogP contribution in [0.3, 0.4) is 0 Å². The highest BCUT2D eigenvalue weighted by atomic mass is 19.1. The van der Waals surface area contributed by atoms with Gasteiger partial charge in [0.25, 0.3) is 0 Å². The Hall–Kier alpha value is -1.09. The molecule has 0 amide bonds. The van der Waals surface area contributed by atoms with Crippen LogP contribution in [0.1, 0.15) is 50.5 Å². The molecule has 0 bridgehead atoms. The van der Waals surface area contributed by atoms with Gasteiger partial charge in [0.2, 0.25) is 0 Å². The highest BCUT2D eigenvalue weighted by Gasteiger charge is 2.35. The van der Waals surface area contributed by atoms with Crippen molar-refractivity contribution in [3.8, 4) is 0 Å². The van der Waals surface area contributed by atoms with Crippen LogP contribution in [0.5, 0.6) is 0 Å². The molecule has 0 unspecified atom stereocenters. The van der Waals surface area contributed by atoms with Crippen molar-refractivity contribution in [3.05, 3.63) is 29.6 Å². The van der Waals surface area contributed by atoms with Crippen LogP contribution in [0.4, 0.5) is 10.1 Å².